The number of fused-ring (bicyclic) bond motifs is 1. The third-order valence-electron chi connectivity index (χ3n) is 5.29. The smallest absolute Gasteiger partial charge is 0.240 e. The Bertz CT molecular complexity index is 414. The van der Waals surface area contributed by atoms with Crippen molar-refractivity contribution < 1.29 is 9.59 Å². The first-order chi connectivity index (χ1) is 10.1. The van der Waals surface area contributed by atoms with Gasteiger partial charge < -0.3 is 16.0 Å². The molecule has 3 rings (SSSR count). The summed E-state index contributed by atoms with van der Waals surface area (Å²) in [4.78, 5) is 27.8. The molecule has 3 aliphatic rings. The third-order valence-corrected chi connectivity index (χ3v) is 5.29. The van der Waals surface area contributed by atoms with Crippen LogP contribution in [-0.2, 0) is 9.59 Å². The lowest BCUT2D eigenvalue weighted by Gasteiger charge is -2.27. The topological polar surface area (TPSA) is 78.7 Å². The molecule has 0 aromatic carbocycles. The van der Waals surface area contributed by atoms with Crippen LogP contribution in [-0.4, -0.2) is 66.9 Å². The van der Waals surface area contributed by atoms with E-state index in [9.17, 15) is 9.59 Å². The predicted octanol–water partition coefficient (Wildman–Crippen LogP) is -0.606. The summed E-state index contributed by atoms with van der Waals surface area (Å²) >= 11 is 0. The van der Waals surface area contributed by atoms with Gasteiger partial charge in [-0.1, -0.05) is 6.42 Å². The number of nitrogens with zero attached hydrogens (tertiary/aromatic N) is 2. The number of nitrogens with one attached hydrogen (secondary N) is 1. The lowest BCUT2D eigenvalue weighted by atomic mass is 9.93. The Balaban J connectivity index is 1.56. The van der Waals surface area contributed by atoms with Gasteiger partial charge in [-0.15, -0.1) is 0 Å². The lowest BCUT2D eigenvalue weighted by Crippen LogP contribution is -2.47. The molecular formula is C15H26N4O2. The van der Waals surface area contributed by atoms with Gasteiger partial charge in [0.15, 0.2) is 0 Å². The second kappa shape index (κ2) is 6.32. The largest absolute Gasteiger partial charge is 0.369 e. The molecular weight excluding hydrogens is 268 g/mol. The summed E-state index contributed by atoms with van der Waals surface area (Å²) in [5.41, 5.74) is 5.26. The molecule has 6 nitrogen and oxygen atoms in total. The molecule has 3 unspecified atom stereocenters. The van der Waals surface area contributed by atoms with Crippen LogP contribution in [0.2, 0.25) is 0 Å². The third kappa shape index (κ3) is 3.21. The fourth-order valence-electron chi connectivity index (χ4n) is 4.22. The highest BCUT2D eigenvalue weighted by Crippen LogP contribution is 2.38. The summed E-state index contributed by atoms with van der Waals surface area (Å²) in [5, 5.41) is 3.44. The number of primary amides is 1. The summed E-state index contributed by atoms with van der Waals surface area (Å²) in [5.74, 6) is 1.23. The predicted molar refractivity (Wildman–Crippen MR) is 79.5 cm³/mol. The molecule has 3 fully saturated rings. The number of carbonyl (C=O) groups excluding carboxylic acids is 2. The van der Waals surface area contributed by atoms with Crippen molar-refractivity contribution in [3.05, 3.63) is 0 Å². The number of hydrogen-bond donors (Lipinski definition) is 2. The van der Waals surface area contributed by atoms with Crippen molar-refractivity contribution >= 4 is 11.8 Å². The SMILES string of the molecule is NC(=O)CN1CCCN(C(=O)C2NCC3CCCC32)CC1. The van der Waals surface area contributed by atoms with E-state index in [-0.39, 0.29) is 17.9 Å². The summed E-state index contributed by atoms with van der Waals surface area (Å²) in [7, 11) is 0. The molecule has 6 heteroatoms. The second-order valence-corrected chi connectivity index (χ2v) is 6.66. The molecule has 1 aliphatic carbocycles. The first-order valence-electron chi connectivity index (χ1n) is 8.18. The van der Waals surface area contributed by atoms with Crippen molar-refractivity contribution in [3.63, 3.8) is 0 Å². The van der Waals surface area contributed by atoms with E-state index in [1.807, 2.05) is 4.90 Å². The van der Waals surface area contributed by atoms with E-state index in [4.69, 9.17) is 5.73 Å². The van der Waals surface area contributed by atoms with E-state index in [0.29, 0.717) is 24.9 Å². The minimum atomic E-state index is -0.291. The zero-order valence-electron chi connectivity index (χ0n) is 12.6. The highest BCUT2D eigenvalue weighted by atomic mass is 16.2. The molecule has 21 heavy (non-hydrogen) atoms. The average Bonchev–Trinajstić information content (AvgIpc) is 2.96. The summed E-state index contributed by atoms with van der Waals surface area (Å²) in [6, 6.07) is 0.0280. The number of hydrogen-bond acceptors (Lipinski definition) is 4. The summed E-state index contributed by atoms with van der Waals surface area (Å²) in [6.07, 6.45) is 4.65. The van der Waals surface area contributed by atoms with Crippen LogP contribution in [0.1, 0.15) is 25.7 Å². The van der Waals surface area contributed by atoms with Gasteiger partial charge in [-0.2, -0.15) is 0 Å². The Hall–Kier alpha value is -1.14. The highest BCUT2D eigenvalue weighted by Gasteiger charge is 2.43. The Morgan fingerprint density at radius 3 is 2.76 bits per heavy atom. The Kier molecular flexibility index (Phi) is 4.45. The summed E-state index contributed by atoms with van der Waals surface area (Å²) in [6.45, 7) is 4.40. The van der Waals surface area contributed by atoms with Gasteiger partial charge in [0.25, 0.3) is 0 Å². The van der Waals surface area contributed by atoms with E-state index >= 15 is 0 Å². The van der Waals surface area contributed by atoms with Crippen molar-refractivity contribution in [2.75, 3.05) is 39.3 Å². The van der Waals surface area contributed by atoms with E-state index in [1.165, 1.54) is 19.3 Å². The van der Waals surface area contributed by atoms with Crippen LogP contribution in [0.4, 0.5) is 0 Å². The van der Waals surface area contributed by atoms with Crippen LogP contribution >= 0.6 is 0 Å². The van der Waals surface area contributed by atoms with Crippen LogP contribution in [0.3, 0.4) is 0 Å². The Morgan fingerprint density at radius 2 is 1.95 bits per heavy atom. The van der Waals surface area contributed by atoms with E-state index in [2.05, 4.69) is 10.2 Å². The van der Waals surface area contributed by atoms with Crippen LogP contribution in [0, 0.1) is 11.8 Å². The van der Waals surface area contributed by atoms with Gasteiger partial charge in [0.2, 0.25) is 11.8 Å². The molecule has 2 aliphatic heterocycles. The van der Waals surface area contributed by atoms with Gasteiger partial charge in [-0.25, -0.2) is 0 Å². The maximum absolute atomic E-state index is 12.8. The number of carbonyl (C=O) groups is 2. The molecule has 0 aromatic rings. The van der Waals surface area contributed by atoms with Gasteiger partial charge in [-0.05, 0) is 37.6 Å². The first kappa shape index (κ1) is 14.8. The molecule has 2 amide bonds. The van der Waals surface area contributed by atoms with Crippen LogP contribution in [0.5, 0.6) is 0 Å². The van der Waals surface area contributed by atoms with Gasteiger partial charge in [-0.3, -0.25) is 14.5 Å². The fourth-order valence-corrected chi connectivity index (χ4v) is 4.22. The molecule has 118 valence electrons. The maximum atomic E-state index is 12.8. The minimum Gasteiger partial charge on any atom is -0.369 e. The zero-order chi connectivity index (χ0) is 14.8. The molecule has 0 bridgehead atoms. The highest BCUT2D eigenvalue weighted by molar-refractivity contribution is 5.83. The summed E-state index contributed by atoms with van der Waals surface area (Å²) < 4.78 is 0. The van der Waals surface area contributed by atoms with Crippen LogP contribution < -0.4 is 11.1 Å². The minimum absolute atomic E-state index is 0.0280. The first-order valence-corrected chi connectivity index (χ1v) is 8.18. The van der Waals surface area contributed by atoms with Crippen LogP contribution in [0.25, 0.3) is 0 Å². The Morgan fingerprint density at radius 1 is 1.10 bits per heavy atom. The van der Waals surface area contributed by atoms with Crippen molar-refractivity contribution in [1.29, 1.82) is 0 Å². The molecule has 2 heterocycles. The molecule has 0 spiro atoms. The van der Waals surface area contributed by atoms with Crippen molar-refractivity contribution in [2.45, 2.75) is 31.7 Å². The normalized spacial score (nSPS) is 33.7. The van der Waals surface area contributed by atoms with Gasteiger partial charge >= 0.3 is 0 Å². The van der Waals surface area contributed by atoms with Crippen molar-refractivity contribution in [2.24, 2.45) is 17.6 Å². The zero-order valence-corrected chi connectivity index (χ0v) is 12.6. The molecule has 0 aromatic heterocycles. The fraction of sp³-hybridized carbons (Fsp3) is 0.867. The van der Waals surface area contributed by atoms with Crippen molar-refractivity contribution in [3.8, 4) is 0 Å². The number of rotatable bonds is 3. The van der Waals surface area contributed by atoms with E-state index < -0.39 is 0 Å². The van der Waals surface area contributed by atoms with E-state index in [0.717, 1.165) is 32.6 Å². The Labute approximate surface area is 126 Å². The van der Waals surface area contributed by atoms with Gasteiger partial charge in [0.1, 0.15) is 0 Å². The van der Waals surface area contributed by atoms with Crippen molar-refractivity contribution in [1.82, 2.24) is 15.1 Å². The van der Waals surface area contributed by atoms with E-state index in [1.54, 1.807) is 0 Å². The molecule has 2 saturated heterocycles. The lowest BCUT2D eigenvalue weighted by molar-refractivity contribution is -0.134. The quantitative estimate of drug-likeness (QED) is 0.728. The maximum Gasteiger partial charge on any atom is 0.240 e. The number of amides is 2. The molecule has 3 atom stereocenters. The monoisotopic (exact) mass is 294 g/mol. The standard InChI is InChI=1S/C15H26N4O2/c16-13(20)10-18-5-2-6-19(8-7-18)15(21)14-12-4-1-3-11(12)9-17-14/h11-12,14,17H,1-10H2,(H2,16,20). The van der Waals surface area contributed by atoms with Gasteiger partial charge in [0.05, 0.1) is 12.6 Å². The second-order valence-electron chi connectivity index (χ2n) is 6.66. The number of nitrogens with two attached hydrogens (primary N) is 1. The van der Waals surface area contributed by atoms with Gasteiger partial charge in [0, 0.05) is 26.2 Å². The average molecular weight is 294 g/mol. The molecule has 1 saturated carbocycles. The molecule has 3 N–H and O–H groups in total. The molecule has 0 radical (unpaired) electrons. The van der Waals surface area contributed by atoms with Crippen LogP contribution in [0.15, 0.2) is 0 Å².